The number of aromatic nitrogens is 3. The highest BCUT2D eigenvalue weighted by Crippen LogP contribution is 2.29. The van der Waals surface area contributed by atoms with Crippen molar-refractivity contribution in [2.45, 2.75) is 12.5 Å². The molecule has 5 nitrogen and oxygen atoms in total. The largest absolute Gasteiger partial charge is 0.418 e. The van der Waals surface area contributed by atoms with Crippen molar-refractivity contribution in [3.63, 3.8) is 0 Å². The quantitative estimate of drug-likeness (QED) is 0.400. The fraction of sp³-hybridized carbons (Fsp3) is 0.0870. The molecule has 0 N–H and O–H groups in total. The van der Waals surface area contributed by atoms with Crippen molar-refractivity contribution < 1.29 is 8.81 Å². The van der Waals surface area contributed by atoms with Gasteiger partial charge in [0.15, 0.2) is 0 Å². The Balaban J connectivity index is 1.61. The molecule has 0 aliphatic rings. The summed E-state index contributed by atoms with van der Waals surface area (Å²) in [5, 5.41) is 8.98. The molecule has 1 atom stereocenters. The normalized spacial score (nSPS) is 12.3. The maximum absolute atomic E-state index is 13.6. The second-order valence-electron chi connectivity index (χ2n) is 6.88. The molecule has 2 aromatic heterocycles. The number of fused-ring (bicyclic) bond motifs is 1. The molecule has 0 amide bonds. The van der Waals surface area contributed by atoms with Gasteiger partial charge in [-0.2, -0.15) is 0 Å². The first-order valence-corrected chi connectivity index (χ1v) is 10.2. The lowest BCUT2D eigenvalue weighted by atomic mass is 10.1. The van der Waals surface area contributed by atoms with Gasteiger partial charge >= 0.3 is 0 Å². The molecule has 0 unspecified atom stereocenters. The Hall–Kier alpha value is -3.58. The summed E-state index contributed by atoms with van der Waals surface area (Å²) in [7, 11) is 0. The Bertz CT molecular complexity index is 1370. The van der Waals surface area contributed by atoms with Crippen molar-refractivity contribution in [1.82, 2.24) is 14.2 Å². The molecule has 5 aromatic rings. The third kappa shape index (κ3) is 3.44. The monoisotopic (exact) mass is 417 g/mol. The van der Waals surface area contributed by atoms with Crippen LogP contribution in [0.5, 0.6) is 0 Å². The van der Waals surface area contributed by atoms with Crippen LogP contribution in [0.25, 0.3) is 21.5 Å². The van der Waals surface area contributed by atoms with Gasteiger partial charge in [0, 0.05) is 12.0 Å². The Labute approximate surface area is 175 Å². The maximum Gasteiger partial charge on any atom is 0.269 e. The predicted octanol–water partition coefficient (Wildman–Crippen LogP) is 5.08. The molecular weight excluding hydrogens is 401 g/mol. The summed E-state index contributed by atoms with van der Waals surface area (Å²) in [6.07, 6.45) is 0.512. The Morgan fingerprint density at radius 3 is 2.57 bits per heavy atom. The second kappa shape index (κ2) is 7.68. The van der Waals surface area contributed by atoms with E-state index in [1.165, 1.54) is 23.7 Å². The highest BCUT2D eigenvalue weighted by atomic mass is 32.1. The lowest BCUT2D eigenvalue weighted by molar-refractivity contribution is 0.427. The highest BCUT2D eigenvalue weighted by Gasteiger charge is 2.25. The molecule has 0 radical (unpaired) electrons. The van der Waals surface area contributed by atoms with Crippen molar-refractivity contribution in [2.24, 2.45) is 0 Å². The van der Waals surface area contributed by atoms with Crippen molar-refractivity contribution >= 4 is 21.6 Å². The zero-order valence-corrected chi connectivity index (χ0v) is 16.6. The minimum absolute atomic E-state index is 0.0953. The lowest BCUT2D eigenvalue weighted by Crippen LogP contribution is -2.22. The molecule has 0 saturated carbocycles. The Kier molecular flexibility index (Phi) is 4.72. The molecule has 148 valence electrons. The SMILES string of the molecule is O=c1c2ccccc2sn1[C@@H](Cc1ccccc1)c1nnc(-c2cccc(F)c2)o1. The molecule has 0 aliphatic carbocycles. The number of nitrogens with zero attached hydrogens (tertiary/aromatic N) is 3. The molecule has 3 aromatic carbocycles. The molecule has 30 heavy (non-hydrogen) atoms. The van der Waals surface area contributed by atoms with E-state index in [9.17, 15) is 9.18 Å². The Morgan fingerprint density at radius 2 is 1.77 bits per heavy atom. The number of benzene rings is 3. The van der Waals surface area contributed by atoms with Gasteiger partial charge in [0.1, 0.15) is 11.9 Å². The van der Waals surface area contributed by atoms with Crippen LogP contribution in [0, 0.1) is 5.82 Å². The van der Waals surface area contributed by atoms with Crippen LogP contribution in [0.2, 0.25) is 0 Å². The van der Waals surface area contributed by atoms with E-state index in [1.54, 1.807) is 16.1 Å². The molecule has 0 aliphatic heterocycles. The van der Waals surface area contributed by atoms with Gasteiger partial charge in [-0.05, 0) is 35.9 Å². The molecule has 0 spiro atoms. The van der Waals surface area contributed by atoms with E-state index in [0.717, 1.165) is 10.3 Å². The fourth-order valence-electron chi connectivity index (χ4n) is 3.41. The summed E-state index contributed by atoms with van der Waals surface area (Å²) in [5.41, 5.74) is 1.44. The Morgan fingerprint density at radius 1 is 0.967 bits per heavy atom. The molecule has 2 heterocycles. The van der Waals surface area contributed by atoms with Crippen LogP contribution < -0.4 is 5.56 Å². The van der Waals surface area contributed by atoms with Gasteiger partial charge in [0.2, 0.25) is 11.8 Å². The van der Waals surface area contributed by atoms with Crippen LogP contribution in [0.15, 0.2) is 88.1 Å². The van der Waals surface area contributed by atoms with Gasteiger partial charge in [0.05, 0.1) is 10.1 Å². The average molecular weight is 417 g/mol. The van der Waals surface area contributed by atoms with Crippen LogP contribution in [0.3, 0.4) is 0 Å². The third-order valence-electron chi connectivity index (χ3n) is 4.87. The van der Waals surface area contributed by atoms with Gasteiger partial charge in [-0.3, -0.25) is 8.75 Å². The summed E-state index contributed by atoms with van der Waals surface area (Å²) in [6.45, 7) is 0. The van der Waals surface area contributed by atoms with Crippen LogP contribution in [-0.4, -0.2) is 14.2 Å². The van der Waals surface area contributed by atoms with E-state index < -0.39 is 6.04 Å². The highest BCUT2D eigenvalue weighted by molar-refractivity contribution is 7.13. The maximum atomic E-state index is 13.6. The smallest absolute Gasteiger partial charge is 0.269 e. The van der Waals surface area contributed by atoms with Gasteiger partial charge in [-0.1, -0.05) is 60.1 Å². The van der Waals surface area contributed by atoms with Crippen molar-refractivity contribution in [3.8, 4) is 11.5 Å². The number of hydrogen-bond acceptors (Lipinski definition) is 5. The fourth-order valence-corrected chi connectivity index (χ4v) is 4.49. The molecule has 0 fully saturated rings. The third-order valence-corrected chi connectivity index (χ3v) is 6.04. The van der Waals surface area contributed by atoms with Crippen LogP contribution in [0.4, 0.5) is 4.39 Å². The molecule has 0 bridgehead atoms. The van der Waals surface area contributed by atoms with Gasteiger partial charge in [0.25, 0.3) is 5.56 Å². The first kappa shape index (κ1) is 18.4. The van der Waals surface area contributed by atoms with E-state index in [4.69, 9.17) is 4.42 Å². The minimum Gasteiger partial charge on any atom is -0.418 e. The molecular formula is C23H16FN3O2S. The summed E-state index contributed by atoms with van der Waals surface area (Å²) >= 11 is 1.37. The van der Waals surface area contributed by atoms with Crippen molar-refractivity contribution in [2.75, 3.05) is 0 Å². The average Bonchev–Trinajstić information content (AvgIpc) is 3.39. The number of hydrogen-bond donors (Lipinski definition) is 0. The molecule has 5 rings (SSSR count). The molecule has 7 heteroatoms. The zero-order valence-electron chi connectivity index (χ0n) is 15.7. The van der Waals surface area contributed by atoms with E-state index >= 15 is 0 Å². The minimum atomic E-state index is -0.466. The topological polar surface area (TPSA) is 60.9 Å². The van der Waals surface area contributed by atoms with Crippen molar-refractivity contribution in [3.05, 3.63) is 106 Å². The van der Waals surface area contributed by atoms with Crippen molar-refractivity contribution in [1.29, 1.82) is 0 Å². The van der Waals surface area contributed by atoms with Gasteiger partial charge in [-0.25, -0.2) is 4.39 Å². The molecule has 0 saturated heterocycles. The van der Waals surface area contributed by atoms with E-state index in [-0.39, 0.29) is 17.3 Å². The van der Waals surface area contributed by atoms with Crippen LogP contribution in [-0.2, 0) is 6.42 Å². The summed E-state index contributed by atoms with van der Waals surface area (Å²) in [4.78, 5) is 13.1. The first-order chi connectivity index (χ1) is 14.7. The van der Waals surface area contributed by atoms with Gasteiger partial charge < -0.3 is 4.42 Å². The number of halogens is 1. The summed E-state index contributed by atoms with van der Waals surface area (Å²) < 4.78 is 22.1. The second-order valence-corrected chi connectivity index (χ2v) is 7.90. The lowest BCUT2D eigenvalue weighted by Gasteiger charge is -2.13. The predicted molar refractivity (Wildman–Crippen MR) is 114 cm³/mol. The van der Waals surface area contributed by atoms with E-state index in [0.29, 0.717) is 23.3 Å². The number of rotatable bonds is 5. The van der Waals surface area contributed by atoms with Crippen LogP contribution in [0.1, 0.15) is 17.5 Å². The van der Waals surface area contributed by atoms with E-state index in [2.05, 4.69) is 10.2 Å². The van der Waals surface area contributed by atoms with E-state index in [1.807, 2.05) is 54.6 Å². The van der Waals surface area contributed by atoms with Crippen LogP contribution >= 0.6 is 11.5 Å². The zero-order chi connectivity index (χ0) is 20.5. The first-order valence-electron chi connectivity index (χ1n) is 9.43. The van der Waals surface area contributed by atoms with Gasteiger partial charge in [-0.15, -0.1) is 10.2 Å². The summed E-state index contributed by atoms with van der Waals surface area (Å²) in [5.74, 6) is 0.150. The standard InChI is InChI=1S/C23H16FN3O2S/c24-17-10-6-9-16(14-17)21-25-26-22(29-21)19(13-15-7-2-1-3-8-15)27-23(28)18-11-4-5-12-20(18)30-27/h1-12,14,19H,13H2/t19-/m0/s1. The summed E-state index contributed by atoms with van der Waals surface area (Å²) in [6, 6.07) is 22.9.